The molecule has 0 radical (unpaired) electrons. The summed E-state index contributed by atoms with van der Waals surface area (Å²) in [6.45, 7) is 0.627. The fourth-order valence-corrected chi connectivity index (χ4v) is 2.55. The van der Waals surface area contributed by atoms with Gasteiger partial charge in [-0.25, -0.2) is 0 Å². The largest absolute Gasteiger partial charge is 0.493 e. The lowest BCUT2D eigenvalue weighted by molar-refractivity contribution is -0.137. The molecule has 1 saturated carbocycles. The zero-order valence-corrected chi connectivity index (χ0v) is 13.6. The van der Waals surface area contributed by atoms with Gasteiger partial charge in [-0.15, -0.1) is 0 Å². The molecule has 1 N–H and O–H groups in total. The Morgan fingerprint density at radius 2 is 1.81 bits per heavy atom. The minimum Gasteiger partial charge on any atom is -0.493 e. The van der Waals surface area contributed by atoms with E-state index in [0.717, 1.165) is 30.7 Å². The van der Waals surface area contributed by atoms with E-state index >= 15 is 0 Å². The first-order valence-electron chi connectivity index (χ1n) is 8.17. The van der Waals surface area contributed by atoms with Crippen LogP contribution < -0.4 is 4.74 Å². The lowest BCUT2D eigenvalue weighted by Crippen LogP contribution is -2.05. The van der Waals surface area contributed by atoms with Crippen LogP contribution in [0.5, 0.6) is 5.75 Å². The van der Waals surface area contributed by atoms with Crippen molar-refractivity contribution in [2.45, 2.75) is 19.0 Å². The number of hydrogen-bond donors (Lipinski definition) is 1. The van der Waals surface area contributed by atoms with Gasteiger partial charge < -0.3 is 4.74 Å². The van der Waals surface area contributed by atoms with Crippen molar-refractivity contribution in [3.63, 3.8) is 0 Å². The molecule has 26 heavy (non-hydrogen) atoms. The number of alkyl halides is 3. The Morgan fingerprint density at radius 3 is 2.38 bits per heavy atom. The number of nitrogens with one attached hydrogen (secondary N) is 1. The quantitative estimate of drug-likeness (QED) is 0.735. The number of aromatic nitrogens is 4. The van der Waals surface area contributed by atoms with Crippen molar-refractivity contribution in [3.8, 4) is 28.3 Å². The standard InChI is InChI=1S/C18H15F3N4O/c19-18(20,21)14-3-4-16(22-8-14)12-5-13(17-9-23-25-24-17)7-15(6-12)26-10-11-1-2-11/h3-9,11H,1-2,10H2,(H,23,24,25). The maximum atomic E-state index is 12.7. The van der Waals surface area contributed by atoms with Crippen LogP contribution in [0, 0.1) is 5.92 Å². The summed E-state index contributed by atoms with van der Waals surface area (Å²) in [4.78, 5) is 3.97. The summed E-state index contributed by atoms with van der Waals surface area (Å²) >= 11 is 0. The van der Waals surface area contributed by atoms with Crippen LogP contribution in [-0.4, -0.2) is 27.0 Å². The van der Waals surface area contributed by atoms with Crippen molar-refractivity contribution in [2.75, 3.05) is 6.61 Å². The van der Waals surface area contributed by atoms with Crippen molar-refractivity contribution in [1.82, 2.24) is 20.4 Å². The summed E-state index contributed by atoms with van der Waals surface area (Å²) in [7, 11) is 0. The van der Waals surface area contributed by atoms with Crippen LogP contribution in [-0.2, 0) is 6.18 Å². The second kappa shape index (κ2) is 6.44. The van der Waals surface area contributed by atoms with Crippen molar-refractivity contribution >= 4 is 0 Å². The Kier molecular flexibility index (Phi) is 4.10. The van der Waals surface area contributed by atoms with Gasteiger partial charge in [-0.3, -0.25) is 4.98 Å². The first-order valence-corrected chi connectivity index (χ1v) is 8.17. The molecule has 5 nitrogen and oxygen atoms in total. The van der Waals surface area contributed by atoms with E-state index in [-0.39, 0.29) is 0 Å². The van der Waals surface area contributed by atoms with Crippen LogP contribution in [0.25, 0.3) is 22.5 Å². The Labute approximate surface area is 147 Å². The van der Waals surface area contributed by atoms with Crippen LogP contribution >= 0.6 is 0 Å². The van der Waals surface area contributed by atoms with Crippen LogP contribution in [0.1, 0.15) is 18.4 Å². The van der Waals surface area contributed by atoms with Crippen LogP contribution in [0.15, 0.2) is 42.7 Å². The molecule has 0 bridgehead atoms. The summed E-state index contributed by atoms with van der Waals surface area (Å²) < 4.78 is 44.1. The number of halogens is 3. The van der Waals surface area contributed by atoms with Crippen molar-refractivity contribution < 1.29 is 17.9 Å². The average Bonchev–Trinajstić information content (AvgIpc) is 3.30. The SMILES string of the molecule is FC(F)(F)c1ccc(-c2cc(OCC3CC3)cc(-c3cn[nH]n3)c2)nc1. The van der Waals surface area contributed by atoms with Gasteiger partial charge in [0.25, 0.3) is 0 Å². The molecule has 0 aliphatic heterocycles. The predicted octanol–water partition coefficient (Wildman–Crippen LogP) is 4.34. The second-order valence-electron chi connectivity index (χ2n) is 6.29. The van der Waals surface area contributed by atoms with E-state index in [4.69, 9.17) is 4.74 Å². The van der Waals surface area contributed by atoms with Crippen LogP contribution in [0.4, 0.5) is 13.2 Å². The number of pyridine rings is 1. The number of benzene rings is 1. The number of ether oxygens (including phenoxy) is 1. The minimum absolute atomic E-state index is 0.430. The average molecular weight is 360 g/mol. The third-order valence-electron chi connectivity index (χ3n) is 4.19. The molecule has 1 aliphatic rings. The highest BCUT2D eigenvalue weighted by Crippen LogP contribution is 2.34. The highest BCUT2D eigenvalue weighted by molar-refractivity contribution is 5.71. The topological polar surface area (TPSA) is 63.7 Å². The Balaban J connectivity index is 1.69. The fraction of sp³-hybridized carbons (Fsp3) is 0.278. The molecule has 2 heterocycles. The van der Waals surface area contributed by atoms with Crippen molar-refractivity contribution in [3.05, 3.63) is 48.3 Å². The van der Waals surface area contributed by atoms with Crippen molar-refractivity contribution in [1.29, 1.82) is 0 Å². The van der Waals surface area contributed by atoms with Gasteiger partial charge in [-0.1, -0.05) is 0 Å². The maximum Gasteiger partial charge on any atom is 0.417 e. The third-order valence-corrected chi connectivity index (χ3v) is 4.19. The van der Waals surface area contributed by atoms with Gasteiger partial charge in [0.2, 0.25) is 0 Å². The van der Waals surface area contributed by atoms with E-state index in [1.165, 1.54) is 6.07 Å². The molecule has 2 aromatic heterocycles. The Hall–Kier alpha value is -2.90. The molecule has 1 aliphatic carbocycles. The molecule has 1 fully saturated rings. The second-order valence-corrected chi connectivity index (χ2v) is 6.29. The first kappa shape index (κ1) is 16.6. The van der Waals surface area contributed by atoms with E-state index in [2.05, 4.69) is 20.4 Å². The number of H-pyrrole nitrogens is 1. The molecule has 134 valence electrons. The van der Waals surface area contributed by atoms with Crippen molar-refractivity contribution in [2.24, 2.45) is 5.92 Å². The zero-order valence-electron chi connectivity index (χ0n) is 13.6. The molecule has 0 saturated heterocycles. The van der Waals surface area contributed by atoms with Gasteiger partial charge in [0.15, 0.2) is 0 Å². The monoisotopic (exact) mass is 360 g/mol. The maximum absolute atomic E-state index is 12.7. The van der Waals surface area contributed by atoms with Gasteiger partial charge in [0.05, 0.1) is 24.1 Å². The van der Waals surface area contributed by atoms with Gasteiger partial charge in [-0.2, -0.15) is 28.6 Å². The molecule has 0 unspecified atom stereocenters. The Morgan fingerprint density at radius 1 is 1.04 bits per heavy atom. The van der Waals surface area contributed by atoms with Gasteiger partial charge in [0, 0.05) is 17.3 Å². The highest BCUT2D eigenvalue weighted by Gasteiger charge is 2.30. The summed E-state index contributed by atoms with van der Waals surface area (Å²) in [6.07, 6.45) is 0.325. The minimum atomic E-state index is -4.41. The van der Waals surface area contributed by atoms with Gasteiger partial charge in [-0.05, 0) is 49.1 Å². The summed E-state index contributed by atoms with van der Waals surface area (Å²) in [5.41, 5.74) is 1.68. The van der Waals surface area contributed by atoms with E-state index in [1.807, 2.05) is 6.07 Å². The lowest BCUT2D eigenvalue weighted by atomic mass is 10.0. The zero-order chi connectivity index (χ0) is 18.1. The lowest BCUT2D eigenvalue weighted by Gasteiger charge is -2.11. The molecule has 0 amide bonds. The number of nitrogens with zero attached hydrogens (tertiary/aromatic N) is 3. The molecule has 1 aromatic carbocycles. The number of hydrogen-bond acceptors (Lipinski definition) is 4. The highest BCUT2D eigenvalue weighted by atomic mass is 19.4. The predicted molar refractivity (Wildman–Crippen MR) is 88.3 cm³/mol. The van der Waals surface area contributed by atoms with E-state index in [1.54, 1.807) is 18.3 Å². The first-order chi connectivity index (χ1) is 12.5. The third kappa shape index (κ3) is 3.68. The summed E-state index contributed by atoms with van der Waals surface area (Å²) in [5, 5.41) is 10.4. The molecule has 0 spiro atoms. The van der Waals surface area contributed by atoms with E-state index in [0.29, 0.717) is 35.2 Å². The Bertz CT molecular complexity index is 888. The van der Waals surface area contributed by atoms with Gasteiger partial charge >= 0.3 is 6.18 Å². The summed E-state index contributed by atoms with van der Waals surface area (Å²) in [5.74, 6) is 1.22. The molecule has 0 atom stereocenters. The smallest absolute Gasteiger partial charge is 0.417 e. The van der Waals surface area contributed by atoms with Crippen LogP contribution in [0.2, 0.25) is 0 Å². The molecular formula is C18H15F3N4O. The summed E-state index contributed by atoms with van der Waals surface area (Å²) in [6, 6.07) is 7.80. The van der Waals surface area contributed by atoms with Gasteiger partial charge in [0.1, 0.15) is 11.4 Å². The number of aromatic amines is 1. The number of rotatable bonds is 5. The van der Waals surface area contributed by atoms with Crippen LogP contribution in [0.3, 0.4) is 0 Å². The van der Waals surface area contributed by atoms with E-state index < -0.39 is 11.7 Å². The molecule has 8 heteroatoms. The fourth-order valence-electron chi connectivity index (χ4n) is 2.55. The van der Waals surface area contributed by atoms with E-state index in [9.17, 15) is 13.2 Å². The molecule has 4 rings (SSSR count). The normalized spacial score (nSPS) is 14.4. The molecular weight excluding hydrogens is 345 g/mol. The molecule has 3 aromatic rings.